The van der Waals surface area contributed by atoms with E-state index in [1.807, 2.05) is 99.0 Å². The van der Waals surface area contributed by atoms with Crippen molar-refractivity contribution in [1.82, 2.24) is 9.13 Å². The third-order valence-corrected chi connectivity index (χ3v) is 9.63. The fourth-order valence-corrected chi connectivity index (χ4v) is 7.32. The number of nitriles is 2. The molecule has 2 aromatic heterocycles. The van der Waals surface area contributed by atoms with Gasteiger partial charge < -0.3 is 9.13 Å². The van der Waals surface area contributed by atoms with Crippen LogP contribution in [0.25, 0.3) is 66.1 Å². The summed E-state index contributed by atoms with van der Waals surface area (Å²) in [6, 6.07) is 36.1. The number of alkyl halides is 3. The fourth-order valence-electron chi connectivity index (χ4n) is 7.32. The molecule has 242 valence electrons. The summed E-state index contributed by atoms with van der Waals surface area (Å²) in [6.45, 7) is 8.13. The molecule has 0 saturated heterocycles. The van der Waals surface area contributed by atoms with Gasteiger partial charge in [0.2, 0.25) is 0 Å². The minimum absolute atomic E-state index is 0.113. The molecule has 0 N–H and O–H groups in total. The number of hydrogen-bond acceptors (Lipinski definition) is 2. The Labute approximate surface area is 286 Å². The first-order valence-corrected chi connectivity index (χ1v) is 16.2. The van der Waals surface area contributed by atoms with Crippen molar-refractivity contribution >= 4 is 43.6 Å². The van der Waals surface area contributed by atoms with E-state index in [4.69, 9.17) is 0 Å². The second-order valence-electron chi connectivity index (χ2n) is 13.1. The molecule has 0 amide bonds. The van der Waals surface area contributed by atoms with Crippen LogP contribution in [0.4, 0.5) is 13.2 Å². The van der Waals surface area contributed by atoms with Gasteiger partial charge in [0, 0.05) is 32.7 Å². The largest absolute Gasteiger partial charge is 0.416 e. The molecule has 8 rings (SSSR count). The van der Waals surface area contributed by atoms with Gasteiger partial charge in [-0.1, -0.05) is 52.6 Å². The Morgan fingerprint density at radius 3 is 1.28 bits per heavy atom. The molecule has 0 fully saturated rings. The molecule has 6 aromatic carbocycles. The molecule has 0 aliphatic rings. The van der Waals surface area contributed by atoms with E-state index in [1.54, 1.807) is 0 Å². The van der Waals surface area contributed by atoms with Crippen molar-refractivity contribution in [2.45, 2.75) is 33.9 Å². The molecule has 0 radical (unpaired) electrons. The zero-order chi connectivity index (χ0) is 35.1. The molecule has 0 bridgehead atoms. The monoisotopic (exact) mass is 658 g/mol. The number of rotatable bonds is 3. The van der Waals surface area contributed by atoms with Crippen molar-refractivity contribution in [1.29, 1.82) is 10.5 Å². The van der Waals surface area contributed by atoms with Gasteiger partial charge in [0.15, 0.2) is 0 Å². The second kappa shape index (κ2) is 11.1. The lowest BCUT2D eigenvalue weighted by molar-refractivity contribution is -0.137. The van der Waals surface area contributed by atoms with Crippen LogP contribution in [0.3, 0.4) is 0 Å². The highest BCUT2D eigenvalue weighted by molar-refractivity contribution is 6.11. The van der Waals surface area contributed by atoms with Gasteiger partial charge in [0.1, 0.15) is 6.07 Å². The molecular formula is C43H29F3N4. The minimum Gasteiger partial charge on any atom is -0.309 e. The van der Waals surface area contributed by atoms with Crippen molar-refractivity contribution < 1.29 is 13.2 Å². The smallest absolute Gasteiger partial charge is 0.309 e. The van der Waals surface area contributed by atoms with Crippen LogP contribution in [-0.4, -0.2) is 9.13 Å². The van der Waals surface area contributed by atoms with E-state index >= 15 is 0 Å². The maximum Gasteiger partial charge on any atom is 0.416 e. The Morgan fingerprint density at radius 1 is 0.460 bits per heavy atom. The summed E-state index contributed by atoms with van der Waals surface area (Å²) in [4.78, 5) is 0. The standard InChI is InChI=1S/C43H29F3N4/c1-24-5-11-37-32(15-24)33-16-25(2)6-12-38(33)49(37)41-21-36(31-10-9-30(43(44,45)46)19-28(31)22-47)42(20-29(41)23-48)50-39-13-7-26(3)17-34(39)35-18-27(4)8-14-40(35)50/h5-21H,1-4H3. The molecule has 4 nitrogen and oxygen atoms in total. The average Bonchev–Trinajstić information content (AvgIpc) is 3.57. The summed E-state index contributed by atoms with van der Waals surface area (Å²) >= 11 is 0. The third kappa shape index (κ3) is 4.74. The predicted molar refractivity (Wildman–Crippen MR) is 194 cm³/mol. The third-order valence-electron chi connectivity index (χ3n) is 9.63. The minimum atomic E-state index is -4.62. The van der Waals surface area contributed by atoms with E-state index in [0.29, 0.717) is 28.1 Å². The number of aromatic nitrogens is 2. The van der Waals surface area contributed by atoms with Crippen LogP contribution in [0.2, 0.25) is 0 Å². The van der Waals surface area contributed by atoms with Crippen LogP contribution >= 0.6 is 0 Å². The Bertz CT molecular complexity index is 2700. The molecule has 0 atom stereocenters. The summed E-state index contributed by atoms with van der Waals surface area (Å²) in [6.07, 6.45) is -4.62. The van der Waals surface area contributed by atoms with E-state index in [2.05, 4.69) is 34.9 Å². The van der Waals surface area contributed by atoms with Gasteiger partial charge in [-0.05, 0) is 100 Å². The fraction of sp³-hybridized carbons (Fsp3) is 0.116. The first kappa shape index (κ1) is 31.0. The van der Waals surface area contributed by atoms with E-state index < -0.39 is 11.7 Å². The lowest BCUT2D eigenvalue weighted by atomic mass is 9.94. The number of nitrogens with zero attached hydrogens (tertiary/aromatic N) is 4. The molecule has 0 unspecified atom stereocenters. The second-order valence-corrected chi connectivity index (χ2v) is 13.1. The SMILES string of the molecule is Cc1ccc2c(c1)c1cc(C)ccc1n2-c1cc(-c2ccc(C(F)(F)F)cc2C#N)c(-n2c3ccc(C)cc3c3cc(C)ccc32)cc1C#N. The van der Waals surface area contributed by atoms with Crippen molar-refractivity contribution in [3.05, 3.63) is 142 Å². The van der Waals surface area contributed by atoms with Gasteiger partial charge in [-0.2, -0.15) is 23.7 Å². The Morgan fingerprint density at radius 2 is 0.880 bits per heavy atom. The molecule has 2 heterocycles. The molecule has 8 aromatic rings. The zero-order valence-corrected chi connectivity index (χ0v) is 27.7. The highest BCUT2D eigenvalue weighted by atomic mass is 19.4. The molecule has 50 heavy (non-hydrogen) atoms. The Balaban J connectivity index is 1.55. The van der Waals surface area contributed by atoms with Gasteiger partial charge in [0.25, 0.3) is 0 Å². The quantitative estimate of drug-likeness (QED) is 0.190. The maximum atomic E-state index is 13.9. The van der Waals surface area contributed by atoms with Crippen LogP contribution in [0.15, 0.2) is 103 Å². The average molecular weight is 659 g/mol. The van der Waals surface area contributed by atoms with E-state index in [9.17, 15) is 23.7 Å². The molecule has 0 aliphatic heterocycles. The Hall–Kier alpha value is -6.31. The van der Waals surface area contributed by atoms with E-state index in [-0.39, 0.29) is 5.56 Å². The van der Waals surface area contributed by atoms with Crippen molar-refractivity contribution in [2.24, 2.45) is 0 Å². The zero-order valence-electron chi connectivity index (χ0n) is 27.7. The van der Waals surface area contributed by atoms with Gasteiger partial charge in [-0.3, -0.25) is 0 Å². The molecular weight excluding hydrogens is 629 g/mol. The van der Waals surface area contributed by atoms with Crippen LogP contribution in [0.1, 0.15) is 38.9 Å². The summed E-state index contributed by atoms with van der Waals surface area (Å²) in [5, 5.41) is 25.2. The number of hydrogen-bond donors (Lipinski definition) is 0. The highest BCUT2D eigenvalue weighted by Gasteiger charge is 2.32. The van der Waals surface area contributed by atoms with Gasteiger partial charge >= 0.3 is 6.18 Å². The van der Waals surface area contributed by atoms with E-state index in [0.717, 1.165) is 78.0 Å². The number of halogens is 3. The number of fused-ring (bicyclic) bond motifs is 6. The first-order chi connectivity index (χ1) is 24.0. The number of benzene rings is 6. The summed E-state index contributed by atoms with van der Waals surface area (Å²) < 4.78 is 45.8. The highest BCUT2D eigenvalue weighted by Crippen LogP contribution is 2.43. The van der Waals surface area contributed by atoms with Crippen LogP contribution in [0.5, 0.6) is 0 Å². The summed E-state index contributed by atoms with van der Waals surface area (Å²) in [5.41, 5.74) is 9.26. The first-order valence-electron chi connectivity index (χ1n) is 16.2. The normalized spacial score (nSPS) is 11.9. The van der Waals surface area contributed by atoms with Crippen LogP contribution in [0, 0.1) is 50.4 Å². The maximum absolute atomic E-state index is 13.9. The predicted octanol–water partition coefficient (Wildman–Crippen LogP) is 11.5. The molecule has 7 heteroatoms. The molecule has 0 aliphatic carbocycles. The molecule has 0 saturated carbocycles. The van der Waals surface area contributed by atoms with Gasteiger partial charge in [-0.15, -0.1) is 0 Å². The lowest BCUT2D eigenvalue weighted by Gasteiger charge is -2.20. The van der Waals surface area contributed by atoms with Crippen molar-refractivity contribution in [2.75, 3.05) is 0 Å². The number of aryl methyl sites for hydroxylation is 4. The van der Waals surface area contributed by atoms with Crippen LogP contribution in [-0.2, 0) is 6.18 Å². The Kier molecular flexibility index (Phi) is 6.89. The van der Waals surface area contributed by atoms with E-state index in [1.165, 1.54) is 6.07 Å². The topological polar surface area (TPSA) is 57.4 Å². The molecule has 0 spiro atoms. The van der Waals surface area contributed by atoms with Gasteiger partial charge in [-0.25, -0.2) is 0 Å². The van der Waals surface area contributed by atoms with Crippen molar-refractivity contribution in [3.8, 4) is 34.6 Å². The summed E-state index contributed by atoms with van der Waals surface area (Å²) in [7, 11) is 0. The van der Waals surface area contributed by atoms with Crippen molar-refractivity contribution in [3.63, 3.8) is 0 Å². The van der Waals surface area contributed by atoms with Gasteiger partial charge in [0.05, 0.1) is 56.2 Å². The lowest BCUT2D eigenvalue weighted by Crippen LogP contribution is -2.07. The summed E-state index contributed by atoms with van der Waals surface area (Å²) in [5.74, 6) is 0. The van der Waals surface area contributed by atoms with Crippen LogP contribution < -0.4 is 0 Å².